The van der Waals surface area contributed by atoms with Gasteiger partial charge in [-0.1, -0.05) is 0 Å². The minimum absolute atomic E-state index is 0.654. The van der Waals surface area contributed by atoms with Crippen LogP contribution >= 0.6 is 0 Å². The summed E-state index contributed by atoms with van der Waals surface area (Å²) in [5, 5.41) is 0. The maximum Gasteiger partial charge on any atom is 0.200 e. The van der Waals surface area contributed by atoms with Crippen molar-refractivity contribution in [2.45, 2.75) is 0 Å². The van der Waals surface area contributed by atoms with Gasteiger partial charge in [-0.2, -0.15) is 0 Å². The van der Waals surface area contributed by atoms with E-state index in [9.17, 15) is 0 Å². The van der Waals surface area contributed by atoms with E-state index >= 15 is 215 Å². The largest absolute Gasteiger partial charge is 0.349 e. The highest BCUT2D eigenvalue weighted by Gasteiger charge is 2.48. The first-order chi connectivity index (χ1) is 62.0. The van der Waals surface area contributed by atoms with Crippen LogP contribution in [-0.4, -0.2) is 34.9 Å². The molecule has 7 nitrogen and oxygen atoms in total. The van der Waals surface area contributed by atoms with E-state index < -0.39 is 442 Å². The number of halogens is 49. The van der Waals surface area contributed by atoms with Crippen LogP contribution in [0.1, 0.15) is 56.9 Å². The third-order valence-corrected chi connectivity index (χ3v) is 19.5. The second-order valence-corrected chi connectivity index (χ2v) is 26.4. The number of nitrogens with one attached hydrogen (secondary N) is 2. The van der Waals surface area contributed by atoms with Gasteiger partial charge in [0.05, 0.1) is 61.0 Å². The van der Waals surface area contributed by atoms with Gasteiger partial charge in [0.2, 0.25) is 40.7 Å². The molecule has 5 aliphatic rings. The van der Waals surface area contributed by atoms with Crippen molar-refractivity contribution in [1.29, 1.82) is 0 Å². The fraction of sp³-hybridized carbons (Fsp3) is 0. The van der Waals surface area contributed by atoms with Crippen molar-refractivity contribution in [2.24, 2.45) is 0 Å². The Kier molecular flexibility index (Phi) is 22.2. The van der Waals surface area contributed by atoms with Gasteiger partial charge in [0.25, 0.3) is 0 Å². The van der Waals surface area contributed by atoms with Crippen LogP contribution < -0.4 is 0 Å². The van der Waals surface area contributed by atoms with Gasteiger partial charge >= 0.3 is 0 Å². The Hall–Kier alpha value is -14.8. The predicted octanol–water partition coefficient (Wildman–Crippen LogP) is 27.7. The second-order valence-electron chi connectivity index (χ2n) is 26.4. The Balaban J connectivity index is 1.37. The summed E-state index contributed by atoms with van der Waals surface area (Å²) in [6, 6.07) is 0. The van der Waals surface area contributed by atoms with E-state index in [1.165, 1.54) is 0 Å². The molecule has 10 aromatic rings. The lowest BCUT2D eigenvalue weighted by Gasteiger charge is -2.12. The number of benzene rings is 7. The molecule has 7 aromatic carbocycles. The zero-order valence-corrected chi connectivity index (χ0v) is 60.3. The summed E-state index contributed by atoms with van der Waals surface area (Å²) in [6.45, 7) is 0. The number of aromatic nitrogens is 7. The molecular formula is C77H2F49N7. The lowest BCUT2D eigenvalue weighted by Crippen LogP contribution is -2.07. The Labute approximate surface area is 690 Å². The first-order valence-corrected chi connectivity index (χ1v) is 33.5. The molecule has 0 fully saturated rings. The molecule has 0 aliphatic carbocycles. The molecule has 0 amide bonds. The zero-order chi connectivity index (χ0) is 98.4. The minimum Gasteiger partial charge on any atom is -0.349 e. The molecule has 133 heavy (non-hydrogen) atoms. The first-order valence-electron chi connectivity index (χ1n) is 33.5. The predicted molar refractivity (Wildman–Crippen MR) is 349 cm³/mol. The van der Waals surface area contributed by atoms with Crippen LogP contribution in [0.4, 0.5) is 215 Å². The number of hydrogen-bond acceptors (Lipinski definition) is 5. The van der Waals surface area contributed by atoms with E-state index in [1.807, 2.05) is 0 Å². The van der Waals surface area contributed by atoms with E-state index in [2.05, 4.69) is 24.9 Å². The van der Waals surface area contributed by atoms with Gasteiger partial charge in [-0.3, -0.25) is 0 Å². The molecule has 0 saturated heterocycles. The van der Waals surface area contributed by atoms with Gasteiger partial charge in [-0.15, -0.1) is 0 Å². The number of rotatable bonds is 7. The summed E-state index contributed by atoms with van der Waals surface area (Å²) in [6.07, 6.45) is 0. The summed E-state index contributed by atoms with van der Waals surface area (Å²) < 4.78 is 807. The Morgan fingerprint density at radius 1 is 0.0902 bits per heavy atom. The first kappa shape index (κ1) is 92.9. The van der Waals surface area contributed by atoms with Gasteiger partial charge in [-0.05, 0) is 0 Å². The molecule has 0 unspecified atom stereocenters. The maximum atomic E-state index is 17.7. The summed E-state index contributed by atoms with van der Waals surface area (Å²) in [7, 11) is 0. The molecule has 3 aromatic heterocycles. The van der Waals surface area contributed by atoms with Crippen molar-refractivity contribution in [1.82, 2.24) is 34.9 Å². The zero-order valence-electron chi connectivity index (χ0n) is 60.3. The van der Waals surface area contributed by atoms with Crippen LogP contribution in [0.25, 0.3) is 158 Å². The lowest BCUT2D eigenvalue weighted by molar-refractivity contribution is 0.381. The van der Waals surface area contributed by atoms with Crippen LogP contribution in [0, 0.1) is 227 Å². The van der Waals surface area contributed by atoms with E-state index in [-0.39, 0.29) is 0 Å². The van der Waals surface area contributed by atoms with Crippen LogP contribution in [0.5, 0.6) is 0 Å². The van der Waals surface area contributed by atoms with Crippen molar-refractivity contribution >= 4 is 80.3 Å². The van der Waals surface area contributed by atoms with Crippen molar-refractivity contribution in [3.8, 4) is 77.9 Å². The quantitative estimate of drug-likeness (QED) is 0.0942. The van der Waals surface area contributed by atoms with Crippen LogP contribution in [-0.2, 0) is 0 Å². The van der Waals surface area contributed by atoms with Gasteiger partial charge < -0.3 is 9.97 Å². The third-order valence-electron chi connectivity index (χ3n) is 19.5. The van der Waals surface area contributed by atoms with E-state index in [4.69, 9.17) is 0 Å². The van der Waals surface area contributed by atoms with Crippen LogP contribution in [0.2, 0.25) is 0 Å². The number of fused-ring (bicyclic) bond motifs is 14. The average Bonchev–Trinajstić information content (AvgIpc) is 1.56. The van der Waals surface area contributed by atoms with Crippen LogP contribution in [0.15, 0.2) is 0 Å². The van der Waals surface area contributed by atoms with Crippen LogP contribution in [0.3, 0.4) is 0 Å². The minimum atomic E-state index is -3.87. The van der Waals surface area contributed by atoms with Crippen molar-refractivity contribution in [3.63, 3.8) is 0 Å². The molecule has 2 N–H and O–H groups in total. The van der Waals surface area contributed by atoms with E-state index in [0.717, 1.165) is 0 Å². The van der Waals surface area contributed by atoms with Crippen molar-refractivity contribution in [2.75, 3.05) is 0 Å². The molecule has 688 valence electrons. The third kappa shape index (κ3) is 12.7. The number of H-pyrrole nitrogens is 2. The number of aromatic amines is 2. The monoisotopic (exact) mass is 1950 g/mol. The fourth-order valence-electron chi connectivity index (χ4n) is 13.6. The van der Waals surface area contributed by atoms with Gasteiger partial charge in [0.15, 0.2) is 244 Å². The smallest absolute Gasteiger partial charge is 0.200 e. The standard InChI is InChI=1S/C77H2F49N7/c78-15-1(16(79)30(93)43(106)29(15)92)8-64-50(113)52(115)66(127-64)9(2-17(80)31(94)44(107)32(95)18(2)81)68-54(117)56(119)70(129-68)11(4-21(84)35(98)46(109)36(99)22(4)85)72-58(121)60(123)74(131-72)13(6-25(88)39(102)48(111)40(103)26(6)89)76-62(125)63(126)77(133-76)14(7-27(90)41(104)49(112)42(105)28(7)91)75-61(124)59(122)73(132-75)12(5-23(86)37(100)47(110)38(101)24(5)87)71-57(120)55(118)69(130-71)10(67-53(116)51(114)65(8)128-67)3-19(82)33(96)45(108)34(97)20(3)83/h127,130H. The molecule has 0 saturated carbocycles. The second kappa shape index (κ2) is 31.7. The van der Waals surface area contributed by atoms with Crippen molar-refractivity contribution < 1.29 is 215 Å². The molecule has 0 radical (unpaired) electrons. The molecule has 0 atom stereocenters. The number of hydrogen-bond donors (Lipinski definition) is 2. The normalized spacial score (nSPS) is 13.3. The Morgan fingerprint density at radius 3 is 0.278 bits per heavy atom. The van der Waals surface area contributed by atoms with Crippen molar-refractivity contribution in [3.05, 3.63) is 284 Å². The summed E-state index contributed by atoms with van der Waals surface area (Å²) in [5.74, 6) is -185. The van der Waals surface area contributed by atoms with Gasteiger partial charge in [0.1, 0.15) is 56.9 Å². The number of nitrogens with zero attached hydrogens (tertiary/aromatic N) is 5. The fourth-order valence-corrected chi connectivity index (χ4v) is 13.6. The molecule has 56 heteroatoms. The highest BCUT2D eigenvalue weighted by Crippen LogP contribution is 2.57. The SMILES string of the molecule is FC1=C(F)c2nc1c(-c1c(F)c(F)c(F)c(F)c1F)c1nc(c(-c3c(F)c(F)c(F)c(F)c3F)c3nc(c(-c4c(F)c(F)c(F)c(F)c4F)c4[nH]c(c(F)c4F)c(-c4c(F)c(F)c(F)c(F)c4F)c4nc(c(-c5c(F)c(F)c(F)c(F)c5F)c5[nH]c(c(F)c5F)c(-c5c(F)c(F)c(F)c(F)c5F)c5nc(c2-c2c(F)c(F)c(F)c(F)c2F)C(F)=C5F)C(F)=C4F)C(F)=C3F)C(F)=C1F. The summed E-state index contributed by atoms with van der Waals surface area (Å²) >= 11 is 0. The Bertz CT molecular complexity index is 7290. The molecule has 0 spiro atoms. The summed E-state index contributed by atoms with van der Waals surface area (Å²) in [5.41, 5.74) is -96.3. The maximum absolute atomic E-state index is 17.7. The molecule has 14 bridgehead atoms. The molecular weight excluding hydrogens is 1950 g/mol. The highest BCUT2D eigenvalue weighted by molar-refractivity contribution is 6.08. The topological polar surface area (TPSA) is 96.0 Å². The lowest BCUT2D eigenvalue weighted by atomic mass is 9.98. The molecule has 8 heterocycles. The molecule has 15 rings (SSSR count). The van der Waals surface area contributed by atoms with E-state index in [0.29, 0.717) is 9.97 Å². The van der Waals surface area contributed by atoms with Gasteiger partial charge in [-0.25, -0.2) is 240 Å². The highest BCUT2D eigenvalue weighted by atomic mass is 19.2. The van der Waals surface area contributed by atoms with Gasteiger partial charge in [0, 0.05) is 38.9 Å². The summed E-state index contributed by atoms with van der Waals surface area (Å²) in [4.78, 5) is 14.4. The molecule has 5 aliphatic heterocycles. The Morgan fingerprint density at radius 2 is 0.173 bits per heavy atom. The average molecular weight is 1960 g/mol. The van der Waals surface area contributed by atoms with E-state index in [1.54, 1.807) is 0 Å².